The van der Waals surface area contributed by atoms with E-state index in [1.807, 2.05) is 18.2 Å². The van der Waals surface area contributed by atoms with Crippen molar-refractivity contribution >= 4 is 22.5 Å². The van der Waals surface area contributed by atoms with Crippen LogP contribution in [0.2, 0.25) is 0 Å². The van der Waals surface area contributed by atoms with E-state index >= 15 is 0 Å². The number of carbonyl (C=O) groups excluding carboxylic acids is 1. The molecule has 1 spiro atoms. The summed E-state index contributed by atoms with van der Waals surface area (Å²) in [4.78, 5) is 16.6. The fraction of sp³-hybridized carbons (Fsp3) is 0.250. The number of hydrogen-bond donors (Lipinski definition) is 3. The summed E-state index contributed by atoms with van der Waals surface area (Å²) in [6, 6.07) is 14.7. The summed E-state index contributed by atoms with van der Waals surface area (Å²) >= 11 is 0. The van der Waals surface area contributed by atoms with Crippen molar-refractivity contribution in [3.8, 4) is 0 Å². The van der Waals surface area contributed by atoms with E-state index in [0.29, 0.717) is 0 Å². The Hall–Kier alpha value is -2.59. The first kappa shape index (κ1) is 13.8. The molecule has 3 heterocycles. The highest BCUT2D eigenvalue weighted by molar-refractivity contribution is 6.09. The molecule has 0 unspecified atom stereocenters. The Morgan fingerprint density at radius 2 is 2.00 bits per heavy atom. The summed E-state index contributed by atoms with van der Waals surface area (Å²) in [6.45, 7) is 4.21. The lowest BCUT2D eigenvalue weighted by molar-refractivity contribution is -0.121. The van der Waals surface area contributed by atoms with Gasteiger partial charge in [0.15, 0.2) is 5.54 Å². The highest BCUT2D eigenvalue weighted by atomic mass is 16.2. The monoisotopic (exact) mass is 317 g/mol. The van der Waals surface area contributed by atoms with Gasteiger partial charge in [0, 0.05) is 28.2 Å². The second-order valence-corrected chi connectivity index (χ2v) is 7.03. The van der Waals surface area contributed by atoms with Crippen molar-refractivity contribution in [1.82, 2.24) is 10.3 Å². The molecule has 2 aliphatic rings. The Morgan fingerprint density at radius 1 is 1.17 bits per heavy atom. The number of aromatic nitrogens is 1. The topological polar surface area (TPSA) is 56.9 Å². The summed E-state index contributed by atoms with van der Waals surface area (Å²) in [5, 5.41) is 7.89. The van der Waals surface area contributed by atoms with Crippen molar-refractivity contribution in [2.75, 3.05) is 5.32 Å². The molecule has 0 radical (unpaired) electrons. The molecule has 2 atom stereocenters. The van der Waals surface area contributed by atoms with Crippen molar-refractivity contribution in [2.45, 2.75) is 31.8 Å². The summed E-state index contributed by atoms with van der Waals surface area (Å²) in [6.07, 6.45) is 0.912. The summed E-state index contributed by atoms with van der Waals surface area (Å²) in [7, 11) is 0. The zero-order valence-corrected chi connectivity index (χ0v) is 13.7. The van der Waals surface area contributed by atoms with E-state index in [4.69, 9.17) is 0 Å². The quantitative estimate of drug-likeness (QED) is 0.596. The molecule has 2 aromatic carbocycles. The molecule has 0 saturated carbocycles. The van der Waals surface area contributed by atoms with Crippen molar-refractivity contribution in [3.63, 3.8) is 0 Å². The van der Waals surface area contributed by atoms with E-state index in [1.54, 1.807) is 0 Å². The average molecular weight is 317 g/mol. The maximum atomic E-state index is 13.1. The number of aromatic amines is 1. The maximum Gasteiger partial charge on any atom is 0.255 e. The summed E-state index contributed by atoms with van der Waals surface area (Å²) in [5.41, 5.74) is 5.58. The van der Waals surface area contributed by atoms with Gasteiger partial charge in [-0.2, -0.15) is 0 Å². The Kier molecular flexibility index (Phi) is 2.58. The molecule has 1 aromatic heterocycles. The van der Waals surface area contributed by atoms with E-state index in [0.717, 1.165) is 34.4 Å². The smallest absolute Gasteiger partial charge is 0.255 e. The third-order valence-corrected chi connectivity index (χ3v) is 5.33. The van der Waals surface area contributed by atoms with Gasteiger partial charge in [0.1, 0.15) is 0 Å². The van der Waals surface area contributed by atoms with Crippen molar-refractivity contribution in [3.05, 3.63) is 64.8 Å². The molecular weight excluding hydrogens is 298 g/mol. The number of H-pyrrole nitrogens is 1. The molecule has 1 amide bonds. The summed E-state index contributed by atoms with van der Waals surface area (Å²) < 4.78 is 0. The van der Waals surface area contributed by atoms with Crippen LogP contribution < -0.4 is 10.6 Å². The van der Waals surface area contributed by atoms with E-state index in [1.165, 1.54) is 10.9 Å². The number of anilines is 1. The fourth-order valence-corrected chi connectivity index (χ4v) is 4.34. The standard InChI is InChI=1S/C20H19N3O/c1-11-7-8-17-15(9-11)20(19(24)22-17)18-14(10-12(2)23-20)13-5-3-4-6-16(13)21-18/h3-9,12,21,23H,10H2,1-2H3,(H,22,24)/t12-,20+/m0/s1. The van der Waals surface area contributed by atoms with Gasteiger partial charge < -0.3 is 10.3 Å². The van der Waals surface area contributed by atoms with E-state index in [9.17, 15) is 4.79 Å². The summed E-state index contributed by atoms with van der Waals surface area (Å²) in [5.74, 6) is 0.00227. The number of hydrogen-bond acceptors (Lipinski definition) is 2. The highest BCUT2D eigenvalue weighted by Crippen LogP contribution is 2.46. The van der Waals surface area contributed by atoms with Crippen LogP contribution >= 0.6 is 0 Å². The SMILES string of the molecule is Cc1ccc2c(c1)[C@]1(N[C@@H](C)Cc3c1[nH]c1ccccc31)C(=O)N2. The highest BCUT2D eigenvalue weighted by Gasteiger charge is 2.53. The third kappa shape index (κ3) is 1.59. The van der Waals surface area contributed by atoms with Crippen LogP contribution in [0, 0.1) is 6.92 Å². The van der Waals surface area contributed by atoms with Crippen LogP contribution in [0.25, 0.3) is 10.9 Å². The molecule has 4 nitrogen and oxygen atoms in total. The molecule has 2 aliphatic heterocycles. The first-order chi connectivity index (χ1) is 11.6. The number of rotatable bonds is 0. The van der Waals surface area contributed by atoms with Gasteiger partial charge in [0.2, 0.25) is 0 Å². The molecule has 3 N–H and O–H groups in total. The van der Waals surface area contributed by atoms with Gasteiger partial charge in [-0.1, -0.05) is 35.9 Å². The van der Waals surface area contributed by atoms with Crippen LogP contribution in [0.15, 0.2) is 42.5 Å². The van der Waals surface area contributed by atoms with Gasteiger partial charge in [-0.25, -0.2) is 0 Å². The molecule has 0 bridgehead atoms. The largest absolute Gasteiger partial charge is 0.356 e. The molecule has 120 valence electrons. The number of amides is 1. The Morgan fingerprint density at radius 3 is 2.88 bits per heavy atom. The number of nitrogens with one attached hydrogen (secondary N) is 3. The predicted molar refractivity (Wildman–Crippen MR) is 95.2 cm³/mol. The minimum atomic E-state index is -0.826. The number of benzene rings is 2. The maximum absolute atomic E-state index is 13.1. The van der Waals surface area contributed by atoms with E-state index < -0.39 is 5.54 Å². The molecule has 5 rings (SSSR count). The van der Waals surface area contributed by atoms with Crippen molar-refractivity contribution < 1.29 is 4.79 Å². The predicted octanol–water partition coefficient (Wildman–Crippen LogP) is 3.21. The molecule has 0 saturated heterocycles. The first-order valence-electron chi connectivity index (χ1n) is 8.40. The van der Waals surface area contributed by atoms with Gasteiger partial charge in [0.25, 0.3) is 5.91 Å². The van der Waals surface area contributed by atoms with E-state index in [2.05, 4.69) is 53.7 Å². The molecule has 0 fully saturated rings. The lowest BCUT2D eigenvalue weighted by Crippen LogP contribution is -2.56. The second-order valence-electron chi connectivity index (χ2n) is 7.03. The molecule has 24 heavy (non-hydrogen) atoms. The van der Waals surface area contributed by atoms with Crippen LogP contribution in [0.1, 0.15) is 29.3 Å². The van der Waals surface area contributed by atoms with Gasteiger partial charge in [-0.05, 0) is 38.0 Å². The Balaban J connectivity index is 1.88. The first-order valence-corrected chi connectivity index (χ1v) is 8.40. The minimum absolute atomic E-state index is 0.00227. The minimum Gasteiger partial charge on any atom is -0.356 e. The number of aryl methyl sites for hydroxylation is 1. The zero-order valence-electron chi connectivity index (χ0n) is 13.7. The van der Waals surface area contributed by atoms with Crippen LogP contribution in [-0.2, 0) is 16.8 Å². The van der Waals surface area contributed by atoms with Gasteiger partial charge in [-0.3, -0.25) is 10.1 Å². The third-order valence-electron chi connectivity index (χ3n) is 5.33. The van der Waals surface area contributed by atoms with Crippen LogP contribution in [0.3, 0.4) is 0 Å². The van der Waals surface area contributed by atoms with Gasteiger partial charge in [0.05, 0.1) is 5.69 Å². The number of fused-ring (bicyclic) bond motifs is 6. The molecule has 4 heteroatoms. The average Bonchev–Trinajstić information content (AvgIpc) is 3.06. The van der Waals surface area contributed by atoms with Gasteiger partial charge in [-0.15, -0.1) is 0 Å². The number of para-hydroxylation sites is 1. The van der Waals surface area contributed by atoms with E-state index in [-0.39, 0.29) is 11.9 Å². The normalized spacial score (nSPS) is 24.9. The van der Waals surface area contributed by atoms with Crippen LogP contribution in [0.5, 0.6) is 0 Å². The van der Waals surface area contributed by atoms with Gasteiger partial charge >= 0.3 is 0 Å². The lowest BCUT2D eigenvalue weighted by atomic mass is 9.79. The zero-order chi connectivity index (χ0) is 16.5. The van der Waals surface area contributed by atoms with Crippen LogP contribution in [-0.4, -0.2) is 16.9 Å². The number of carbonyl (C=O) groups is 1. The second kappa shape index (κ2) is 4.48. The van der Waals surface area contributed by atoms with Crippen molar-refractivity contribution in [2.24, 2.45) is 0 Å². The Bertz CT molecular complexity index is 1000. The molecule has 0 aliphatic carbocycles. The molecule has 3 aromatic rings. The van der Waals surface area contributed by atoms with Crippen molar-refractivity contribution in [1.29, 1.82) is 0 Å². The van der Waals surface area contributed by atoms with Crippen LogP contribution in [0.4, 0.5) is 5.69 Å². The fourth-order valence-electron chi connectivity index (χ4n) is 4.34. The Labute approximate surface area is 140 Å². The molecular formula is C20H19N3O. The lowest BCUT2D eigenvalue weighted by Gasteiger charge is -2.37.